The number of hydrogen-bond donors (Lipinski definition) is 2. The first-order chi connectivity index (χ1) is 8.90. The fourth-order valence-electron chi connectivity index (χ4n) is 1.36. The van der Waals surface area contributed by atoms with E-state index < -0.39 is 10.0 Å². The molecule has 1 aromatic rings. The molecule has 0 bridgehead atoms. The highest BCUT2D eigenvalue weighted by molar-refractivity contribution is 7.89. The van der Waals surface area contributed by atoms with Gasteiger partial charge in [-0.05, 0) is 24.6 Å². The normalized spacial score (nSPS) is 11.3. The van der Waals surface area contributed by atoms with E-state index in [1.165, 1.54) is 17.0 Å². The number of amides is 1. The van der Waals surface area contributed by atoms with Crippen LogP contribution in [0.15, 0.2) is 29.2 Å². The van der Waals surface area contributed by atoms with Gasteiger partial charge in [-0.25, -0.2) is 13.1 Å². The van der Waals surface area contributed by atoms with Gasteiger partial charge in [0.05, 0.1) is 11.4 Å². The minimum absolute atomic E-state index is 0.122. The van der Waals surface area contributed by atoms with Crippen LogP contribution in [0.3, 0.4) is 0 Å². The van der Waals surface area contributed by atoms with Gasteiger partial charge in [0, 0.05) is 20.1 Å². The molecule has 0 spiro atoms. The van der Waals surface area contributed by atoms with Crippen LogP contribution >= 0.6 is 0 Å². The fraction of sp³-hybridized carbons (Fsp3) is 0.417. The van der Waals surface area contributed by atoms with Crippen LogP contribution in [0.5, 0.6) is 0 Å². The number of benzene rings is 1. The minimum Gasteiger partial charge on any atom is -0.345 e. The van der Waals surface area contributed by atoms with Crippen molar-refractivity contribution in [1.82, 2.24) is 9.62 Å². The first-order valence-corrected chi connectivity index (χ1v) is 7.41. The van der Waals surface area contributed by atoms with Crippen LogP contribution < -0.4 is 10.5 Å². The van der Waals surface area contributed by atoms with E-state index >= 15 is 0 Å². The van der Waals surface area contributed by atoms with E-state index in [2.05, 4.69) is 4.72 Å². The van der Waals surface area contributed by atoms with E-state index in [0.29, 0.717) is 13.1 Å². The molecule has 0 aliphatic carbocycles. The van der Waals surface area contributed by atoms with E-state index in [4.69, 9.17) is 5.73 Å². The van der Waals surface area contributed by atoms with Gasteiger partial charge < -0.3 is 10.6 Å². The molecule has 0 aliphatic rings. The third-order valence-corrected chi connectivity index (χ3v) is 4.20. The maximum Gasteiger partial charge on any atom is 0.241 e. The summed E-state index contributed by atoms with van der Waals surface area (Å²) in [6.07, 6.45) is 0. The Bertz CT molecular complexity index is 526. The highest BCUT2D eigenvalue weighted by atomic mass is 32.2. The van der Waals surface area contributed by atoms with Gasteiger partial charge in [-0.1, -0.05) is 12.1 Å². The molecule has 0 saturated heterocycles. The summed E-state index contributed by atoms with van der Waals surface area (Å²) >= 11 is 0. The van der Waals surface area contributed by atoms with Gasteiger partial charge in [0.1, 0.15) is 0 Å². The molecule has 19 heavy (non-hydrogen) atoms. The van der Waals surface area contributed by atoms with Crippen LogP contribution in [0.4, 0.5) is 0 Å². The van der Waals surface area contributed by atoms with E-state index in [1.807, 2.05) is 6.92 Å². The number of nitrogens with two attached hydrogens (primary N) is 1. The number of nitrogens with one attached hydrogen (secondary N) is 1. The number of rotatable bonds is 6. The molecule has 0 saturated carbocycles. The Morgan fingerprint density at radius 3 is 2.37 bits per heavy atom. The number of carbonyl (C=O) groups excluding carboxylic acids is 1. The summed E-state index contributed by atoms with van der Waals surface area (Å²) in [4.78, 5) is 13.1. The second-order valence-corrected chi connectivity index (χ2v) is 5.85. The lowest BCUT2D eigenvalue weighted by Gasteiger charge is -2.14. The van der Waals surface area contributed by atoms with Gasteiger partial charge in [-0.3, -0.25) is 4.79 Å². The van der Waals surface area contributed by atoms with E-state index in [0.717, 1.165) is 5.56 Å². The number of likely N-dealkylation sites (N-methyl/N-ethyl adjacent to an activating group) is 1. The van der Waals surface area contributed by atoms with Crippen molar-refractivity contribution in [2.24, 2.45) is 5.73 Å². The van der Waals surface area contributed by atoms with Crippen LogP contribution in [-0.4, -0.2) is 39.4 Å². The monoisotopic (exact) mass is 285 g/mol. The topological polar surface area (TPSA) is 92.5 Å². The molecule has 0 atom stereocenters. The lowest BCUT2D eigenvalue weighted by molar-refractivity contribution is -0.128. The lowest BCUT2D eigenvalue weighted by atomic mass is 10.2. The Morgan fingerprint density at radius 2 is 1.89 bits per heavy atom. The van der Waals surface area contributed by atoms with Crippen molar-refractivity contribution in [2.75, 3.05) is 20.1 Å². The molecular formula is C12H19N3O3S. The molecule has 0 fully saturated rings. The maximum atomic E-state index is 11.9. The van der Waals surface area contributed by atoms with E-state index in [1.54, 1.807) is 19.2 Å². The van der Waals surface area contributed by atoms with Gasteiger partial charge >= 0.3 is 0 Å². The zero-order valence-corrected chi connectivity index (χ0v) is 11.9. The Kier molecular flexibility index (Phi) is 5.46. The third kappa shape index (κ3) is 4.30. The van der Waals surface area contributed by atoms with Crippen molar-refractivity contribution in [2.45, 2.75) is 18.4 Å². The third-order valence-electron chi connectivity index (χ3n) is 2.78. The summed E-state index contributed by atoms with van der Waals surface area (Å²) in [6, 6.07) is 6.24. The van der Waals surface area contributed by atoms with Crippen molar-refractivity contribution in [3.63, 3.8) is 0 Å². The lowest BCUT2D eigenvalue weighted by Crippen LogP contribution is -2.37. The molecule has 7 heteroatoms. The number of hydrogen-bond acceptors (Lipinski definition) is 4. The molecule has 1 aromatic carbocycles. The smallest absolute Gasteiger partial charge is 0.241 e. The molecule has 1 amide bonds. The Hall–Kier alpha value is -1.44. The molecule has 1 rings (SSSR count). The molecule has 0 aliphatic heterocycles. The summed E-state index contributed by atoms with van der Waals surface area (Å²) in [5, 5.41) is 0. The Morgan fingerprint density at radius 1 is 1.32 bits per heavy atom. The quantitative estimate of drug-likeness (QED) is 0.763. The molecule has 106 valence electrons. The predicted octanol–water partition coefficient (Wildman–Crippen LogP) is -0.0981. The summed E-state index contributed by atoms with van der Waals surface area (Å²) in [6.45, 7) is 2.46. The summed E-state index contributed by atoms with van der Waals surface area (Å²) in [7, 11) is -2.04. The van der Waals surface area contributed by atoms with Crippen LogP contribution in [0.25, 0.3) is 0 Å². The van der Waals surface area contributed by atoms with Gasteiger partial charge in [0.15, 0.2) is 0 Å². The first-order valence-electron chi connectivity index (χ1n) is 5.93. The summed E-state index contributed by atoms with van der Waals surface area (Å²) in [5.41, 5.74) is 6.29. The number of sulfonamides is 1. The molecular weight excluding hydrogens is 266 g/mol. The van der Waals surface area contributed by atoms with Gasteiger partial charge in [0.25, 0.3) is 0 Å². The molecule has 0 aromatic heterocycles. The Balaban J connectivity index is 2.73. The van der Waals surface area contributed by atoms with Crippen molar-refractivity contribution >= 4 is 15.9 Å². The maximum absolute atomic E-state index is 11.9. The zero-order chi connectivity index (χ0) is 14.5. The molecule has 0 unspecified atom stereocenters. The first kappa shape index (κ1) is 15.6. The minimum atomic E-state index is -3.66. The van der Waals surface area contributed by atoms with Gasteiger partial charge in [0.2, 0.25) is 15.9 Å². The van der Waals surface area contributed by atoms with Crippen molar-refractivity contribution in [3.8, 4) is 0 Å². The average Bonchev–Trinajstić information content (AvgIpc) is 2.44. The van der Waals surface area contributed by atoms with Crippen LogP contribution in [-0.2, 0) is 21.4 Å². The highest BCUT2D eigenvalue weighted by Gasteiger charge is 2.16. The van der Waals surface area contributed by atoms with Crippen molar-refractivity contribution < 1.29 is 13.2 Å². The number of nitrogens with zero attached hydrogens (tertiary/aromatic N) is 1. The van der Waals surface area contributed by atoms with Crippen LogP contribution in [0, 0.1) is 0 Å². The summed E-state index contributed by atoms with van der Waals surface area (Å²) in [5.74, 6) is -0.273. The SMILES string of the molecule is CCN(C)C(=O)CNS(=O)(=O)c1ccc(CN)cc1. The standard InChI is InChI=1S/C12H19N3O3S/c1-3-15(2)12(16)9-14-19(17,18)11-6-4-10(8-13)5-7-11/h4-7,14H,3,8-9,13H2,1-2H3. The van der Waals surface area contributed by atoms with Crippen molar-refractivity contribution in [3.05, 3.63) is 29.8 Å². The zero-order valence-electron chi connectivity index (χ0n) is 11.1. The fourth-order valence-corrected chi connectivity index (χ4v) is 2.33. The van der Waals surface area contributed by atoms with E-state index in [-0.39, 0.29) is 17.3 Å². The van der Waals surface area contributed by atoms with Gasteiger partial charge in [-0.15, -0.1) is 0 Å². The predicted molar refractivity (Wildman–Crippen MR) is 72.8 cm³/mol. The second kappa shape index (κ2) is 6.65. The van der Waals surface area contributed by atoms with Crippen molar-refractivity contribution in [1.29, 1.82) is 0 Å². The molecule has 3 N–H and O–H groups in total. The Labute approximate surface area is 113 Å². The molecule has 0 heterocycles. The molecule has 0 radical (unpaired) electrons. The van der Waals surface area contributed by atoms with Crippen LogP contribution in [0.2, 0.25) is 0 Å². The van der Waals surface area contributed by atoms with E-state index in [9.17, 15) is 13.2 Å². The van der Waals surface area contributed by atoms with Gasteiger partial charge in [-0.2, -0.15) is 0 Å². The largest absolute Gasteiger partial charge is 0.345 e. The highest BCUT2D eigenvalue weighted by Crippen LogP contribution is 2.09. The second-order valence-electron chi connectivity index (χ2n) is 4.08. The van der Waals surface area contributed by atoms with Crippen LogP contribution in [0.1, 0.15) is 12.5 Å². The average molecular weight is 285 g/mol. The summed E-state index contributed by atoms with van der Waals surface area (Å²) < 4.78 is 26.1. The number of carbonyl (C=O) groups is 1. The molecule has 6 nitrogen and oxygen atoms in total.